The second-order valence-electron chi connectivity index (χ2n) is 3.99. The molecule has 1 fully saturated rings. The fourth-order valence-corrected chi connectivity index (χ4v) is 2.00. The summed E-state index contributed by atoms with van der Waals surface area (Å²) in [4.78, 5) is 0. The minimum Gasteiger partial charge on any atom is -0.317 e. The molecule has 1 heterocycles. The van der Waals surface area contributed by atoms with Crippen molar-refractivity contribution < 1.29 is 0 Å². The van der Waals surface area contributed by atoms with Crippen molar-refractivity contribution in [1.82, 2.24) is 5.32 Å². The van der Waals surface area contributed by atoms with Crippen molar-refractivity contribution in [2.75, 3.05) is 13.1 Å². The molecule has 0 saturated carbocycles. The maximum Gasteiger partial charge on any atom is 0.0661 e. The molecule has 0 aromatic rings. The molecule has 68 valence electrons. The van der Waals surface area contributed by atoms with Gasteiger partial charge < -0.3 is 5.32 Å². The van der Waals surface area contributed by atoms with Crippen LogP contribution in [0.1, 0.15) is 26.7 Å². The van der Waals surface area contributed by atoms with Crippen molar-refractivity contribution in [2.45, 2.75) is 26.7 Å². The van der Waals surface area contributed by atoms with Gasteiger partial charge in [-0.05, 0) is 37.8 Å². The van der Waals surface area contributed by atoms with Crippen LogP contribution in [0.5, 0.6) is 0 Å². The highest BCUT2D eigenvalue weighted by atomic mass is 14.9. The second-order valence-corrected chi connectivity index (χ2v) is 3.99. The Morgan fingerprint density at radius 1 is 1.33 bits per heavy atom. The molecule has 1 saturated heterocycles. The van der Waals surface area contributed by atoms with E-state index in [4.69, 9.17) is 5.26 Å². The lowest BCUT2D eigenvalue weighted by Crippen LogP contribution is -2.32. The lowest BCUT2D eigenvalue weighted by Gasteiger charge is -2.28. The Balaban J connectivity index is 2.47. The predicted molar refractivity (Wildman–Crippen MR) is 49.5 cm³/mol. The van der Waals surface area contributed by atoms with Gasteiger partial charge in [0.25, 0.3) is 0 Å². The summed E-state index contributed by atoms with van der Waals surface area (Å²) in [6.45, 7) is 6.48. The normalized spacial score (nSPS) is 22.2. The second kappa shape index (κ2) is 4.47. The van der Waals surface area contributed by atoms with Crippen LogP contribution in [0, 0.1) is 29.1 Å². The Kier molecular flexibility index (Phi) is 3.55. The van der Waals surface area contributed by atoms with Gasteiger partial charge in [0.1, 0.15) is 0 Å². The standard InChI is InChI=1S/C10H18N2/c1-8(2)10(7-11)9-3-5-12-6-4-9/h8-10,12H,3-6H2,1-2H3. The van der Waals surface area contributed by atoms with Gasteiger partial charge in [0.2, 0.25) is 0 Å². The zero-order valence-corrected chi connectivity index (χ0v) is 8.01. The van der Waals surface area contributed by atoms with Gasteiger partial charge in [-0.2, -0.15) is 5.26 Å². The van der Waals surface area contributed by atoms with Crippen LogP contribution in [-0.2, 0) is 0 Å². The summed E-state index contributed by atoms with van der Waals surface area (Å²) in [5, 5.41) is 12.3. The Bertz CT molecular complexity index is 163. The van der Waals surface area contributed by atoms with Gasteiger partial charge in [-0.15, -0.1) is 0 Å². The maximum atomic E-state index is 8.98. The molecule has 2 nitrogen and oxygen atoms in total. The van der Waals surface area contributed by atoms with Crippen LogP contribution in [0.4, 0.5) is 0 Å². The number of hydrogen-bond acceptors (Lipinski definition) is 2. The van der Waals surface area contributed by atoms with E-state index < -0.39 is 0 Å². The van der Waals surface area contributed by atoms with Crippen molar-refractivity contribution in [3.8, 4) is 6.07 Å². The van der Waals surface area contributed by atoms with Crippen molar-refractivity contribution in [1.29, 1.82) is 5.26 Å². The molecule has 1 N–H and O–H groups in total. The average Bonchev–Trinajstić information content (AvgIpc) is 2.07. The molecule has 2 heteroatoms. The van der Waals surface area contributed by atoms with E-state index in [0.29, 0.717) is 11.8 Å². The first-order valence-electron chi connectivity index (χ1n) is 4.86. The SMILES string of the molecule is CC(C)C(C#N)C1CCNCC1. The number of nitrogens with one attached hydrogen (secondary N) is 1. The van der Waals surface area contributed by atoms with E-state index >= 15 is 0 Å². The molecule has 1 atom stereocenters. The highest BCUT2D eigenvalue weighted by Crippen LogP contribution is 2.27. The summed E-state index contributed by atoms with van der Waals surface area (Å²) in [6, 6.07) is 2.44. The molecule has 0 radical (unpaired) electrons. The summed E-state index contributed by atoms with van der Waals surface area (Å²) in [6.07, 6.45) is 2.35. The van der Waals surface area contributed by atoms with E-state index in [1.54, 1.807) is 0 Å². The van der Waals surface area contributed by atoms with E-state index in [0.717, 1.165) is 13.1 Å². The van der Waals surface area contributed by atoms with Crippen LogP contribution in [-0.4, -0.2) is 13.1 Å². The van der Waals surface area contributed by atoms with Crippen LogP contribution < -0.4 is 5.32 Å². The molecule has 0 aromatic carbocycles. The monoisotopic (exact) mass is 166 g/mol. The van der Waals surface area contributed by atoms with Gasteiger partial charge in [-0.3, -0.25) is 0 Å². The summed E-state index contributed by atoms with van der Waals surface area (Å²) < 4.78 is 0. The first kappa shape index (κ1) is 9.54. The summed E-state index contributed by atoms with van der Waals surface area (Å²) in [5.41, 5.74) is 0. The van der Waals surface area contributed by atoms with Crippen LogP contribution in [0.2, 0.25) is 0 Å². The van der Waals surface area contributed by atoms with Gasteiger partial charge in [0.15, 0.2) is 0 Å². The molecule has 1 rings (SSSR count). The molecular weight excluding hydrogens is 148 g/mol. The first-order valence-corrected chi connectivity index (χ1v) is 4.86. The van der Waals surface area contributed by atoms with Crippen molar-refractivity contribution in [2.24, 2.45) is 17.8 Å². The lowest BCUT2D eigenvalue weighted by molar-refractivity contribution is 0.255. The molecule has 0 aromatic heterocycles. The van der Waals surface area contributed by atoms with Gasteiger partial charge in [-0.25, -0.2) is 0 Å². The zero-order valence-electron chi connectivity index (χ0n) is 8.01. The lowest BCUT2D eigenvalue weighted by atomic mass is 9.79. The van der Waals surface area contributed by atoms with Crippen molar-refractivity contribution in [3.63, 3.8) is 0 Å². The van der Waals surface area contributed by atoms with E-state index in [2.05, 4.69) is 25.2 Å². The Hall–Kier alpha value is -0.550. The molecule has 0 bridgehead atoms. The number of nitrogens with zero attached hydrogens (tertiary/aromatic N) is 1. The van der Waals surface area contributed by atoms with Crippen molar-refractivity contribution >= 4 is 0 Å². The number of rotatable bonds is 2. The predicted octanol–water partition coefficient (Wildman–Crippen LogP) is 1.78. The quantitative estimate of drug-likeness (QED) is 0.678. The number of piperidine rings is 1. The highest BCUT2D eigenvalue weighted by Gasteiger charge is 2.25. The minimum atomic E-state index is 0.270. The van der Waals surface area contributed by atoms with Gasteiger partial charge in [-0.1, -0.05) is 13.8 Å². The third-order valence-electron chi connectivity index (χ3n) is 2.76. The molecule has 1 aliphatic heterocycles. The van der Waals surface area contributed by atoms with Crippen LogP contribution in [0.3, 0.4) is 0 Å². The highest BCUT2D eigenvalue weighted by molar-refractivity contribution is 4.91. The van der Waals surface area contributed by atoms with E-state index in [1.807, 2.05) is 0 Å². The minimum absolute atomic E-state index is 0.270. The van der Waals surface area contributed by atoms with Gasteiger partial charge in [0.05, 0.1) is 12.0 Å². The Morgan fingerprint density at radius 2 is 1.92 bits per heavy atom. The topological polar surface area (TPSA) is 35.8 Å². The largest absolute Gasteiger partial charge is 0.317 e. The summed E-state index contributed by atoms with van der Waals surface area (Å²) in [5.74, 6) is 1.42. The summed E-state index contributed by atoms with van der Waals surface area (Å²) >= 11 is 0. The molecule has 1 aliphatic rings. The van der Waals surface area contributed by atoms with Crippen molar-refractivity contribution in [3.05, 3.63) is 0 Å². The fraction of sp³-hybridized carbons (Fsp3) is 0.900. The Morgan fingerprint density at radius 3 is 2.33 bits per heavy atom. The first-order chi connectivity index (χ1) is 5.75. The molecule has 1 unspecified atom stereocenters. The maximum absolute atomic E-state index is 8.98. The Labute approximate surface area is 75.0 Å². The molecular formula is C10H18N2. The third kappa shape index (κ3) is 2.22. The van der Waals surface area contributed by atoms with Crippen LogP contribution in [0.25, 0.3) is 0 Å². The van der Waals surface area contributed by atoms with Gasteiger partial charge in [0, 0.05) is 0 Å². The molecule has 0 aliphatic carbocycles. The van der Waals surface area contributed by atoms with Gasteiger partial charge >= 0.3 is 0 Å². The van der Waals surface area contributed by atoms with Crippen LogP contribution >= 0.6 is 0 Å². The van der Waals surface area contributed by atoms with E-state index in [9.17, 15) is 0 Å². The average molecular weight is 166 g/mol. The number of hydrogen-bond donors (Lipinski definition) is 1. The zero-order chi connectivity index (χ0) is 8.97. The molecule has 12 heavy (non-hydrogen) atoms. The smallest absolute Gasteiger partial charge is 0.0661 e. The molecule has 0 amide bonds. The van der Waals surface area contributed by atoms with E-state index in [1.165, 1.54) is 12.8 Å². The third-order valence-corrected chi connectivity index (χ3v) is 2.76. The van der Waals surface area contributed by atoms with E-state index in [-0.39, 0.29) is 5.92 Å². The molecule has 0 spiro atoms. The number of nitriles is 1. The van der Waals surface area contributed by atoms with Crippen LogP contribution in [0.15, 0.2) is 0 Å². The summed E-state index contributed by atoms with van der Waals surface area (Å²) in [7, 11) is 0. The fourth-order valence-electron chi connectivity index (χ4n) is 2.00.